The number of amides is 4. The van der Waals surface area contributed by atoms with E-state index < -0.39 is 12.2 Å². The number of rotatable bonds is 12. The molecule has 1 aromatic carbocycles. The third-order valence-electron chi connectivity index (χ3n) is 8.68. The molecule has 0 spiro atoms. The van der Waals surface area contributed by atoms with Gasteiger partial charge in [0, 0.05) is 49.2 Å². The molecule has 2 fully saturated rings. The first-order chi connectivity index (χ1) is 25.1. The number of hydrogen-bond donors (Lipinski definition) is 4. The highest BCUT2D eigenvalue weighted by atomic mass is 16.5. The lowest BCUT2D eigenvalue weighted by molar-refractivity contribution is -0.131. The number of nitrogens with two attached hydrogens (primary N) is 1. The Kier molecular flexibility index (Phi) is 13.8. The number of H-pyrrole nitrogens is 1. The number of nitrogens with zero attached hydrogens (tertiary/aromatic N) is 5. The molecule has 3 heterocycles. The fourth-order valence-electron chi connectivity index (χ4n) is 6.04. The zero-order valence-electron chi connectivity index (χ0n) is 29.7. The summed E-state index contributed by atoms with van der Waals surface area (Å²) < 4.78 is 9.11. The number of aromatic nitrogens is 2. The number of aromatic amines is 1. The highest BCUT2D eigenvalue weighted by Gasteiger charge is 2.33. The van der Waals surface area contributed by atoms with E-state index >= 15 is 0 Å². The molecule has 2 atom stereocenters. The zero-order valence-corrected chi connectivity index (χ0v) is 29.7. The molecule has 1 unspecified atom stereocenters. The SMILES string of the molecule is C=C/C=C(\C=C)N(C)c1cc(-c2cnc([C@@H]3CCCN3C(=O)CNC(=O)OC)[nH]2)ccc1C#C/C=C/N=C(N)C1CCCN1C(=O)CNC(=O)OC. The van der Waals surface area contributed by atoms with Crippen LogP contribution in [0.2, 0.25) is 0 Å². The van der Waals surface area contributed by atoms with Crippen LogP contribution >= 0.6 is 0 Å². The largest absolute Gasteiger partial charge is 0.453 e. The van der Waals surface area contributed by atoms with Crippen molar-refractivity contribution in [2.75, 3.05) is 52.3 Å². The topological polar surface area (TPSA) is 188 Å². The average molecular weight is 712 g/mol. The van der Waals surface area contributed by atoms with E-state index in [0.29, 0.717) is 25.3 Å². The van der Waals surface area contributed by atoms with Crippen LogP contribution in [0.5, 0.6) is 0 Å². The van der Waals surface area contributed by atoms with Crippen molar-refractivity contribution in [1.82, 2.24) is 30.4 Å². The summed E-state index contributed by atoms with van der Waals surface area (Å²) in [6.07, 6.45) is 11.7. The first-order valence-corrected chi connectivity index (χ1v) is 16.7. The van der Waals surface area contributed by atoms with Crippen LogP contribution in [0, 0.1) is 11.8 Å². The molecule has 15 heteroatoms. The van der Waals surface area contributed by atoms with Gasteiger partial charge in [-0.15, -0.1) is 0 Å². The highest BCUT2D eigenvalue weighted by molar-refractivity contribution is 5.92. The summed E-state index contributed by atoms with van der Waals surface area (Å²) in [7, 11) is 4.38. The fourth-order valence-corrected chi connectivity index (χ4v) is 6.04. The van der Waals surface area contributed by atoms with E-state index in [9.17, 15) is 19.2 Å². The van der Waals surface area contributed by atoms with Gasteiger partial charge in [-0.3, -0.25) is 9.59 Å². The number of imidazole rings is 1. The highest BCUT2D eigenvalue weighted by Crippen LogP contribution is 2.33. The van der Waals surface area contributed by atoms with Gasteiger partial charge in [0.15, 0.2) is 0 Å². The first kappa shape index (κ1) is 38.5. The minimum Gasteiger partial charge on any atom is -0.453 e. The molecule has 2 aromatic rings. The number of alkyl carbamates (subject to hydrolysis) is 2. The predicted octanol–water partition coefficient (Wildman–Crippen LogP) is 3.36. The maximum absolute atomic E-state index is 12.9. The molecule has 1 aromatic heterocycles. The van der Waals surface area contributed by atoms with Gasteiger partial charge in [0.25, 0.3) is 0 Å². The van der Waals surface area contributed by atoms with E-state index in [1.807, 2.05) is 36.2 Å². The van der Waals surface area contributed by atoms with Gasteiger partial charge in [-0.25, -0.2) is 19.6 Å². The standard InChI is InChI=1S/C37H45N9O6/c1-6-12-27(7-2)44(3)31-21-26(28-22-40-35(43-28)30-15-11-20-46(30)33(48)24-42-37(50)52-5)17-16-25(31)13-8-9-18-39-34(38)29-14-10-19-45(29)32(47)23-41-36(49)51-4/h6-7,9,12,16-18,21-22,29-30H,1-2,10-11,14-15,19-20,23-24H2,3-5H3,(H2,38,39)(H,40,43)(H,41,49)(H,42,50)/b18-9+,27-12+/t29?,30-/m0/s1. The van der Waals surface area contributed by atoms with E-state index in [1.54, 1.807) is 34.2 Å². The Morgan fingerprint density at radius 1 is 1.08 bits per heavy atom. The fraction of sp³-hybridized carbons (Fsp3) is 0.351. The number of likely N-dealkylation sites (N-methyl/N-ethyl adjacent to an activating group) is 1. The molecule has 2 aliphatic rings. The Morgan fingerprint density at radius 3 is 2.42 bits per heavy atom. The van der Waals surface area contributed by atoms with E-state index in [2.05, 4.69) is 60.1 Å². The van der Waals surface area contributed by atoms with Crippen LogP contribution in [-0.4, -0.2) is 103 Å². The van der Waals surface area contributed by atoms with E-state index in [0.717, 1.165) is 47.5 Å². The number of methoxy groups -OCH3 is 2. The Morgan fingerprint density at radius 2 is 1.75 bits per heavy atom. The van der Waals surface area contributed by atoms with Crippen LogP contribution in [0.15, 0.2) is 78.7 Å². The molecular formula is C37H45N9O6. The number of benzene rings is 1. The van der Waals surface area contributed by atoms with Gasteiger partial charge in [-0.1, -0.05) is 37.1 Å². The number of likely N-dealkylation sites (tertiary alicyclic amines) is 2. The monoisotopic (exact) mass is 711 g/mol. The molecule has 4 rings (SSSR count). The zero-order chi connectivity index (χ0) is 37.6. The van der Waals surface area contributed by atoms with Crippen LogP contribution in [-0.2, 0) is 19.1 Å². The van der Waals surface area contributed by atoms with Gasteiger partial charge in [0.2, 0.25) is 11.8 Å². The predicted molar refractivity (Wildman–Crippen MR) is 198 cm³/mol. The molecular weight excluding hydrogens is 666 g/mol. The van der Waals surface area contributed by atoms with Gasteiger partial charge < -0.3 is 45.5 Å². The molecule has 0 bridgehead atoms. The minimum absolute atomic E-state index is 0.161. The summed E-state index contributed by atoms with van der Waals surface area (Å²) in [5.41, 5.74) is 10.2. The molecule has 2 aliphatic heterocycles. The number of allylic oxidation sites excluding steroid dienone is 4. The summed E-state index contributed by atoms with van der Waals surface area (Å²) in [6, 6.07) is 5.20. The molecule has 0 saturated carbocycles. The lowest BCUT2D eigenvalue weighted by atomic mass is 10.1. The molecule has 2 saturated heterocycles. The van der Waals surface area contributed by atoms with Crippen LogP contribution in [0.3, 0.4) is 0 Å². The Balaban J connectivity index is 1.54. The summed E-state index contributed by atoms with van der Waals surface area (Å²) in [4.78, 5) is 66.0. The maximum atomic E-state index is 12.9. The van der Waals surface area contributed by atoms with Gasteiger partial charge >= 0.3 is 12.2 Å². The second-order valence-corrected chi connectivity index (χ2v) is 11.8. The number of ether oxygens (including phenoxy) is 2. The van der Waals surface area contributed by atoms with Crippen molar-refractivity contribution in [2.24, 2.45) is 10.7 Å². The van der Waals surface area contributed by atoms with Crippen LogP contribution < -0.4 is 21.3 Å². The molecule has 4 amide bonds. The summed E-state index contributed by atoms with van der Waals surface area (Å²) in [6.45, 7) is 8.49. The lowest BCUT2D eigenvalue weighted by Crippen LogP contribution is -2.47. The lowest BCUT2D eigenvalue weighted by Gasteiger charge is -2.24. The van der Waals surface area contributed by atoms with Gasteiger partial charge in [-0.05, 0) is 50.0 Å². The van der Waals surface area contributed by atoms with Crippen molar-refractivity contribution in [3.05, 3.63) is 85.1 Å². The van der Waals surface area contributed by atoms with Gasteiger partial charge in [0.05, 0.1) is 43.9 Å². The quantitative estimate of drug-likeness (QED) is 0.111. The Hall–Kier alpha value is -6.30. The molecule has 15 nitrogen and oxygen atoms in total. The van der Waals surface area contributed by atoms with Crippen LogP contribution in [0.1, 0.15) is 43.1 Å². The maximum Gasteiger partial charge on any atom is 0.407 e. The van der Waals surface area contributed by atoms with Gasteiger partial charge in [0.1, 0.15) is 24.7 Å². The smallest absolute Gasteiger partial charge is 0.407 e. The summed E-state index contributed by atoms with van der Waals surface area (Å²) in [5, 5.41) is 4.85. The molecule has 0 aliphatic carbocycles. The first-order valence-electron chi connectivity index (χ1n) is 16.7. The van der Waals surface area contributed by atoms with Crippen molar-refractivity contribution in [1.29, 1.82) is 0 Å². The Bertz CT molecular complexity index is 1820. The second kappa shape index (κ2) is 18.6. The number of carbonyl (C=O) groups is 4. The van der Waals surface area contributed by atoms with Crippen molar-refractivity contribution >= 4 is 35.5 Å². The molecule has 52 heavy (non-hydrogen) atoms. The summed E-state index contributed by atoms with van der Waals surface area (Å²) in [5.74, 6) is 6.66. The van der Waals surface area contributed by atoms with E-state index in [-0.39, 0.29) is 42.8 Å². The molecule has 274 valence electrons. The third-order valence-corrected chi connectivity index (χ3v) is 8.68. The Labute approximate surface area is 303 Å². The number of nitrogens with one attached hydrogen (secondary N) is 3. The number of aliphatic imine (C=N–C) groups is 1. The number of carbonyl (C=O) groups excluding carboxylic acids is 4. The number of amidine groups is 1. The van der Waals surface area contributed by atoms with Crippen LogP contribution in [0.4, 0.5) is 15.3 Å². The van der Waals surface area contributed by atoms with Crippen molar-refractivity contribution in [2.45, 2.75) is 37.8 Å². The number of hydrogen-bond acceptors (Lipinski definition) is 9. The third kappa shape index (κ3) is 9.69. The number of anilines is 1. The van der Waals surface area contributed by atoms with Crippen molar-refractivity contribution < 1.29 is 28.7 Å². The molecule has 0 radical (unpaired) electrons. The second-order valence-electron chi connectivity index (χ2n) is 11.8. The van der Waals surface area contributed by atoms with Crippen molar-refractivity contribution in [3.8, 4) is 23.1 Å². The van der Waals surface area contributed by atoms with E-state index in [1.165, 1.54) is 20.4 Å². The summed E-state index contributed by atoms with van der Waals surface area (Å²) >= 11 is 0. The minimum atomic E-state index is -0.682. The van der Waals surface area contributed by atoms with Crippen molar-refractivity contribution in [3.63, 3.8) is 0 Å². The molecule has 5 N–H and O–H groups in total. The van der Waals surface area contributed by atoms with E-state index in [4.69, 9.17) is 5.73 Å². The average Bonchev–Trinajstić information content (AvgIpc) is 3.96. The van der Waals surface area contributed by atoms with Gasteiger partial charge in [-0.2, -0.15) is 0 Å². The van der Waals surface area contributed by atoms with Crippen LogP contribution in [0.25, 0.3) is 11.3 Å². The normalized spacial score (nSPS) is 17.3.